The van der Waals surface area contributed by atoms with Crippen LogP contribution in [0.4, 0.5) is 0 Å². The Morgan fingerprint density at radius 3 is 1.07 bits per heavy atom. The average molecular weight is 2320 g/mol. The van der Waals surface area contributed by atoms with Gasteiger partial charge in [-0.3, -0.25) is 0 Å². The molecule has 0 fully saturated rings. The summed E-state index contributed by atoms with van der Waals surface area (Å²) in [6, 6.07) is 54.5. The molecule has 0 aliphatic carbocycles. The highest BCUT2D eigenvalue weighted by Gasteiger charge is 2.17. The largest absolute Gasteiger partial charge is 0.508 e. The van der Waals surface area contributed by atoms with Gasteiger partial charge in [-0.2, -0.15) is 0 Å². The quantitative estimate of drug-likeness (QED) is 0.0129. The molecular weight excluding hydrogens is 2190 g/mol. The molecule has 0 aromatic heterocycles. The molecule has 9 rings (SSSR count). The van der Waals surface area contributed by atoms with Crippen molar-refractivity contribution in [1.29, 1.82) is 48.7 Å². The predicted molar refractivity (Wildman–Crippen MR) is 562 cm³/mol. The number of aliphatic hydroxyl groups is 6. The van der Waals surface area contributed by atoms with Gasteiger partial charge in [-0.05, 0) is 378 Å². The molecule has 0 saturated heterocycles. The number of rotatable bonds is 36. The highest BCUT2D eigenvalue weighted by molar-refractivity contribution is 9.12. The fraction of sp³-hybridized carbons (Fsp3) is 0.364. The van der Waals surface area contributed by atoms with Gasteiger partial charge in [0.2, 0.25) is 0 Å². The van der Waals surface area contributed by atoms with Crippen molar-refractivity contribution in [1.82, 2.24) is 0 Å². The van der Waals surface area contributed by atoms with Crippen LogP contribution >= 0.6 is 143 Å². The van der Waals surface area contributed by atoms with Crippen LogP contribution in [0.1, 0.15) is 265 Å². The van der Waals surface area contributed by atoms with Crippen LogP contribution in [0.3, 0.4) is 0 Å². The zero-order chi connectivity index (χ0) is 97.6. The molecule has 9 aromatic rings. The van der Waals surface area contributed by atoms with Crippen molar-refractivity contribution in [2.24, 2.45) is 0 Å². The van der Waals surface area contributed by atoms with Gasteiger partial charge in [-0.25, -0.2) is 0 Å². The molecule has 21 nitrogen and oxygen atoms in total. The molecule has 9 aromatic carbocycles. The fourth-order valence-corrected chi connectivity index (χ4v) is 15.5. The van der Waals surface area contributed by atoms with E-state index >= 15 is 0 Å². The van der Waals surface area contributed by atoms with E-state index in [4.69, 9.17) is 48.7 Å². The lowest BCUT2D eigenvalue weighted by Crippen LogP contribution is -2.01. The molecule has 0 radical (unpaired) electrons. The normalized spacial score (nSPS) is 11.7. The van der Waals surface area contributed by atoms with Crippen molar-refractivity contribution < 1.29 is 61.3 Å². The van der Waals surface area contributed by atoms with Crippen molar-refractivity contribution in [3.05, 3.63) is 272 Å². The third-order valence-corrected chi connectivity index (χ3v) is 23.8. The lowest BCUT2D eigenvalue weighted by Gasteiger charge is -2.12. The molecule has 0 heterocycles. The minimum atomic E-state index is -0.647. The second kappa shape index (κ2) is 67.1. The third kappa shape index (κ3) is 57.2. The maximum atomic E-state index is 9.84. The fourth-order valence-electron chi connectivity index (χ4n) is 11.5. The summed E-state index contributed by atoms with van der Waals surface area (Å²) >= 11 is 29.9. The van der Waals surface area contributed by atoms with Crippen LogP contribution in [0.25, 0.3) is 0 Å². The lowest BCUT2D eigenvalue weighted by molar-refractivity contribution is 0.168. The van der Waals surface area contributed by atoms with Crippen LogP contribution in [0.5, 0.6) is 34.5 Å². The first kappa shape index (κ1) is 120. The van der Waals surface area contributed by atoms with Crippen LogP contribution < -0.4 is 0 Å². The summed E-state index contributed by atoms with van der Waals surface area (Å²) in [5, 5.41) is 181. The van der Waals surface area contributed by atoms with E-state index in [1.165, 1.54) is 34.3 Å². The van der Waals surface area contributed by atoms with Crippen LogP contribution in [0.15, 0.2) is 222 Å². The number of aliphatic hydroxyl groups excluding tert-OH is 6. The summed E-state index contributed by atoms with van der Waals surface area (Å²) in [4.78, 5) is 0. The molecule has 0 aliphatic rings. The molecule has 0 amide bonds. The Kier molecular flexibility index (Phi) is 62.4. The Balaban J connectivity index is 0.000000726. The van der Waals surface area contributed by atoms with E-state index in [1.54, 1.807) is 103 Å². The molecular formula is C99H126Br9N9O12. The SMILES string of the molecule is CC(=N)CCCc1cc(O)cc([76Br])c1.CC(=N)CCCc1cc([76Br])cc(O)c1O.CC(=N)CCCc1ccccc1[76Br].CC(=N)CC[C@H](O)c1cc(O)cc([76Br])c1.CC(=N)CC[C@H](O)c1cc(O)ccc1[76Br].CC(=N)CC[C@H](O)c1ccc([76Br])c(O)c1.CC(=N)CC[C@H](O)c1ccc([76Br])cc1.CC(=N)CC[C@H](O)c1cccc([76Br])c1.CC(=N)CC[C@H](O)c1ccccc1[76Br]. The second-order valence-electron chi connectivity index (χ2n) is 31.0. The van der Waals surface area contributed by atoms with Crippen LogP contribution in [-0.4, -0.2) is 113 Å². The van der Waals surface area contributed by atoms with Gasteiger partial charge in [0.25, 0.3) is 0 Å². The summed E-state index contributed by atoms with van der Waals surface area (Å²) < 4.78 is 7.86. The van der Waals surface area contributed by atoms with Crippen molar-refractivity contribution in [2.75, 3.05) is 0 Å². The Labute approximate surface area is 837 Å². The number of halogens is 9. The average Bonchev–Trinajstić information content (AvgIpc) is 0.858. The Bertz CT molecular complexity index is 4970. The van der Waals surface area contributed by atoms with Crippen molar-refractivity contribution in [3.63, 3.8) is 0 Å². The topological polar surface area (TPSA) is 457 Å². The Morgan fingerprint density at radius 1 is 0.248 bits per heavy atom. The maximum absolute atomic E-state index is 9.84. The van der Waals surface area contributed by atoms with Gasteiger partial charge in [0.05, 0.1) is 41.1 Å². The van der Waals surface area contributed by atoms with Gasteiger partial charge < -0.3 is 110 Å². The van der Waals surface area contributed by atoms with E-state index in [0.717, 1.165) is 104 Å². The van der Waals surface area contributed by atoms with Crippen molar-refractivity contribution in [3.8, 4) is 34.5 Å². The first-order valence-electron chi connectivity index (χ1n) is 41.7. The highest BCUT2D eigenvalue weighted by Crippen LogP contribution is 2.36. The molecule has 0 bridgehead atoms. The third-order valence-electron chi connectivity index (χ3n) is 18.5. The van der Waals surface area contributed by atoms with Gasteiger partial charge in [0, 0.05) is 87.2 Å². The zero-order valence-corrected chi connectivity index (χ0v) is 88.7. The number of aromatic hydroxyl groups is 6. The number of nitrogens with one attached hydrogen (secondary N) is 9. The van der Waals surface area contributed by atoms with Crippen molar-refractivity contribution in [2.45, 2.75) is 234 Å². The number of phenolic OH excluding ortho intramolecular Hbond substituents is 6. The Morgan fingerprint density at radius 2 is 0.620 bits per heavy atom. The zero-order valence-electron chi connectivity index (χ0n) is 74.4. The monoisotopic (exact) mass is 2320 g/mol. The molecule has 0 spiro atoms. The molecule has 21 N–H and O–H groups in total. The van der Waals surface area contributed by atoms with Gasteiger partial charge in [-0.15, -0.1) is 0 Å². The summed E-state index contributed by atoms with van der Waals surface area (Å²) in [6.45, 7) is 15.9. The standard InChI is InChI=1S/4C11H14BrNO2.4C11H14BrNO.C11H14BrN/c1-7(13)2-5-11(15)9-6-8(14)3-4-10(9)12;1-7(13)2-5-10(14)8-3-4-9(12)11(15)6-8;1-7(13)2-3-11(15)8-4-9(12)6-10(14)5-8;1-7(13)3-2-4-8-5-9(12)6-10(14)11(8)15;1-8(13)2-7-11(14)9-3-5-10(12)6-4-9;1-8(13)3-2-4-9-5-10(12)7-11(14)6-9;1-8(13)5-6-11(14)9-3-2-4-10(12)7-9;1-8(13)6-7-11(14)9-4-2-3-5-10(9)12;1-9(13)5-4-7-10-6-2-3-8-11(10)12/h3-4,6,11,13-15H,2,5H2,1H3;3-4,6,10,13-15H,2,5H2,1H3;4-6,11,13-15H,2-3H2,1H3;5-6,13-15H,2-4H2,1H3;3-6,11,13-14H,2,7H2,1H3;5-7,13-14H,2-4H2,1H3;2-4,7,11,13-14H,5-6H2,1H3;2-5,11,13-14H,6-7H2,1H3;2-3,6,8,13H,4-5,7H2,1H3/t11-;10-;11-;;11-;;2*11-;/m000.0.00./s1/i9*12-4. The lowest BCUT2D eigenvalue weighted by atomic mass is 10.0. The van der Waals surface area contributed by atoms with Gasteiger partial charge in [0.1, 0.15) is 23.0 Å². The number of hydrogen-bond acceptors (Lipinski definition) is 21. The van der Waals surface area contributed by atoms with Crippen molar-refractivity contribution >= 4 is 195 Å². The summed E-state index contributed by atoms with van der Waals surface area (Å²) in [6.07, 6.45) is 11.6. The minimum Gasteiger partial charge on any atom is -0.508 e. The predicted octanol–water partition coefficient (Wildman–Crippen LogP) is 29.5. The number of hydrogen-bond donors (Lipinski definition) is 21. The van der Waals surface area contributed by atoms with Crippen LogP contribution in [0.2, 0.25) is 0 Å². The summed E-state index contributed by atoms with van der Waals surface area (Å²) in [5.74, 6) is 0.523. The highest BCUT2D eigenvalue weighted by atomic mass is 75.9. The summed E-state index contributed by atoms with van der Waals surface area (Å²) in [7, 11) is 0. The molecule has 0 saturated carbocycles. The summed E-state index contributed by atoms with van der Waals surface area (Å²) in [5.41, 5.74) is 13.5. The van der Waals surface area contributed by atoms with Gasteiger partial charge in [-0.1, -0.05) is 194 Å². The molecule has 6 atom stereocenters. The van der Waals surface area contributed by atoms with Crippen LogP contribution in [0, 0.1) is 48.7 Å². The Hall–Kier alpha value is -7.11. The van der Waals surface area contributed by atoms with E-state index in [2.05, 4.69) is 162 Å². The maximum Gasteiger partial charge on any atom is 0.160 e. The van der Waals surface area contributed by atoms with Gasteiger partial charge >= 0.3 is 0 Å². The van der Waals surface area contributed by atoms with E-state index < -0.39 is 36.6 Å². The van der Waals surface area contributed by atoms with E-state index in [0.29, 0.717) is 168 Å². The number of phenols is 6. The molecule has 0 aliphatic heterocycles. The van der Waals surface area contributed by atoms with E-state index in [-0.39, 0.29) is 28.7 Å². The first-order chi connectivity index (χ1) is 60.6. The van der Waals surface area contributed by atoms with E-state index in [9.17, 15) is 61.3 Å². The number of benzene rings is 9. The van der Waals surface area contributed by atoms with Crippen LogP contribution in [-0.2, 0) is 19.3 Å². The first-order valence-corrected chi connectivity index (χ1v) is 48.8. The molecule has 129 heavy (non-hydrogen) atoms. The molecule has 30 heteroatoms. The second-order valence-corrected chi connectivity index (χ2v) is 39.0. The smallest absolute Gasteiger partial charge is 0.160 e. The van der Waals surface area contributed by atoms with Gasteiger partial charge in [0.15, 0.2) is 11.5 Å². The number of aryl methyl sites for hydroxylation is 3. The molecule has 702 valence electrons. The minimum absolute atomic E-state index is 0.0548. The molecule has 0 unspecified atom stereocenters. The van der Waals surface area contributed by atoms with E-state index in [1.807, 2.05) is 98.8 Å².